The third-order valence-electron chi connectivity index (χ3n) is 3.92. The van der Waals surface area contributed by atoms with Gasteiger partial charge in [0.25, 0.3) is 0 Å². The van der Waals surface area contributed by atoms with Crippen molar-refractivity contribution in [2.45, 2.75) is 38.1 Å². The second kappa shape index (κ2) is 5.37. The molecule has 0 spiro atoms. The van der Waals surface area contributed by atoms with Crippen molar-refractivity contribution in [3.8, 4) is 0 Å². The largest absolute Gasteiger partial charge is 0.346 e. The van der Waals surface area contributed by atoms with Gasteiger partial charge in [0.05, 0.1) is 22.7 Å². The maximum Gasteiger partial charge on any atom is 0.226 e. The highest BCUT2D eigenvalue weighted by Crippen LogP contribution is 2.41. The van der Waals surface area contributed by atoms with Crippen LogP contribution in [0.15, 0.2) is 35.7 Å². The molecule has 0 saturated heterocycles. The molecule has 0 unspecified atom stereocenters. The molecule has 1 fully saturated rings. The minimum atomic E-state index is -0.149. The molecule has 104 valence electrons. The normalized spacial score (nSPS) is 16.4. The number of nitrogens with zero attached hydrogens (tertiary/aromatic N) is 1. The number of nitrogens with one attached hydrogen (secondary N) is 1. The zero-order valence-electron chi connectivity index (χ0n) is 11.6. The van der Waals surface area contributed by atoms with E-state index < -0.39 is 0 Å². The molecule has 1 aliphatic rings. The van der Waals surface area contributed by atoms with E-state index in [2.05, 4.69) is 22.4 Å². The molecule has 3 nitrogen and oxygen atoms in total. The molecule has 1 heterocycles. The van der Waals surface area contributed by atoms with Crippen LogP contribution in [0.5, 0.6) is 0 Å². The number of hydrogen-bond acceptors (Lipinski definition) is 3. The van der Waals surface area contributed by atoms with Gasteiger partial charge in [-0.25, -0.2) is 4.98 Å². The van der Waals surface area contributed by atoms with Gasteiger partial charge >= 0.3 is 0 Å². The van der Waals surface area contributed by atoms with Crippen molar-refractivity contribution in [2.75, 3.05) is 0 Å². The number of carbonyl (C=O) groups excluding carboxylic acids is 1. The lowest BCUT2D eigenvalue weighted by atomic mass is 9.71. The highest BCUT2D eigenvalue weighted by molar-refractivity contribution is 7.09. The Kier molecular flexibility index (Phi) is 3.57. The van der Waals surface area contributed by atoms with E-state index in [1.165, 1.54) is 12.0 Å². The van der Waals surface area contributed by atoms with E-state index in [0.29, 0.717) is 6.42 Å². The van der Waals surface area contributed by atoms with Crippen molar-refractivity contribution in [3.63, 3.8) is 0 Å². The van der Waals surface area contributed by atoms with Gasteiger partial charge in [-0.2, -0.15) is 0 Å². The second-order valence-corrected chi connectivity index (χ2v) is 6.45. The Bertz CT molecular complexity index is 602. The predicted octanol–water partition coefficient (Wildman–Crippen LogP) is 3.19. The van der Waals surface area contributed by atoms with Crippen molar-refractivity contribution in [1.82, 2.24) is 10.3 Å². The highest BCUT2D eigenvalue weighted by Gasteiger charge is 2.39. The van der Waals surface area contributed by atoms with E-state index in [4.69, 9.17) is 0 Å². The van der Waals surface area contributed by atoms with E-state index in [1.807, 2.05) is 30.5 Å². The average molecular weight is 286 g/mol. The van der Waals surface area contributed by atoms with Crippen LogP contribution in [0.2, 0.25) is 0 Å². The highest BCUT2D eigenvalue weighted by atomic mass is 32.1. The number of benzene rings is 1. The molecule has 3 rings (SSSR count). The van der Waals surface area contributed by atoms with Gasteiger partial charge in [0.1, 0.15) is 0 Å². The molecular weight excluding hydrogens is 268 g/mol. The van der Waals surface area contributed by atoms with Gasteiger partial charge in [-0.05, 0) is 31.7 Å². The van der Waals surface area contributed by atoms with Crippen LogP contribution in [0.3, 0.4) is 0 Å². The molecular formula is C16H18N2OS. The van der Waals surface area contributed by atoms with Crippen LogP contribution in [0.1, 0.15) is 35.5 Å². The van der Waals surface area contributed by atoms with Crippen LogP contribution >= 0.6 is 11.3 Å². The molecule has 0 aliphatic heterocycles. The molecule has 0 radical (unpaired) electrons. The quantitative estimate of drug-likeness (QED) is 0.938. The summed E-state index contributed by atoms with van der Waals surface area (Å²) < 4.78 is 0. The minimum absolute atomic E-state index is 0.0684. The molecule has 1 amide bonds. The zero-order chi connectivity index (χ0) is 14.0. The first-order valence-electron chi connectivity index (χ1n) is 6.95. The van der Waals surface area contributed by atoms with Crippen LogP contribution in [-0.2, 0) is 16.8 Å². The number of carbonyl (C=O) groups is 1. The van der Waals surface area contributed by atoms with Crippen molar-refractivity contribution >= 4 is 17.2 Å². The molecule has 2 aromatic rings. The topological polar surface area (TPSA) is 42.0 Å². The molecule has 0 atom stereocenters. The van der Waals surface area contributed by atoms with Crippen molar-refractivity contribution in [1.29, 1.82) is 0 Å². The van der Waals surface area contributed by atoms with Crippen LogP contribution in [0, 0.1) is 6.92 Å². The van der Waals surface area contributed by atoms with Gasteiger partial charge in [0.15, 0.2) is 0 Å². The Hall–Kier alpha value is -1.68. The first kappa shape index (κ1) is 13.3. The van der Waals surface area contributed by atoms with Crippen LogP contribution in [0.25, 0.3) is 0 Å². The molecule has 1 N–H and O–H groups in total. The lowest BCUT2D eigenvalue weighted by Crippen LogP contribution is -2.51. The van der Waals surface area contributed by atoms with Gasteiger partial charge < -0.3 is 5.32 Å². The van der Waals surface area contributed by atoms with E-state index in [1.54, 1.807) is 11.3 Å². The molecule has 20 heavy (non-hydrogen) atoms. The number of rotatable bonds is 4. The van der Waals surface area contributed by atoms with Crippen molar-refractivity contribution in [3.05, 3.63) is 52.0 Å². The van der Waals surface area contributed by atoms with Gasteiger partial charge in [0.2, 0.25) is 5.91 Å². The number of aryl methyl sites for hydroxylation is 1. The fraction of sp³-hybridized carbons (Fsp3) is 0.375. The summed E-state index contributed by atoms with van der Waals surface area (Å²) in [7, 11) is 0. The fourth-order valence-corrected chi connectivity index (χ4v) is 3.35. The Balaban J connectivity index is 1.70. The zero-order valence-corrected chi connectivity index (χ0v) is 12.4. The molecule has 1 aromatic heterocycles. The number of hydrogen-bond donors (Lipinski definition) is 1. The van der Waals surface area contributed by atoms with E-state index in [-0.39, 0.29) is 11.4 Å². The first-order chi connectivity index (χ1) is 9.68. The summed E-state index contributed by atoms with van der Waals surface area (Å²) in [5, 5.41) is 6.20. The minimum Gasteiger partial charge on any atom is -0.346 e. The van der Waals surface area contributed by atoms with Gasteiger partial charge in [-0.1, -0.05) is 30.3 Å². The summed E-state index contributed by atoms with van der Waals surface area (Å²) in [6.45, 7) is 1.96. The third-order valence-corrected chi connectivity index (χ3v) is 4.74. The lowest BCUT2D eigenvalue weighted by molar-refractivity contribution is -0.123. The first-order valence-corrected chi connectivity index (χ1v) is 7.83. The van der Waals surface area contributed by atoms with Gasteiger partial charge in [-0.15, -0.1) is 11.3 Å². The summed E-state index contributed by atoms with van der Waals surface area (Å²) in [6, 6.07) is 10.3. The fourth-order valence-electron chi connectivity index (χ4n) is 2.74. The van der Waals surface area contributed by atoms with E-state index in [0.717, 1.165) is 23.5 Å². The molecule has 0 bridgehead atoms. The van der Waals surface area contributed by atoms with Crippen LogP contribution in [-0.4, -0.2) is 10.9 Å². The Morgan fingerprint density at radius 1 is 1.35 bits per heavy atom. The van der Waals surface area contributed by atoms with Crippen LogP contribution < -0.4 is 5.32 Å². The standard InChI is InChI=1S/C16H18N2OS/c1-12-17-14(11-20-12)10-15(19)18-16(8-5-9-16)13-6-3-2-4-7-13/h2-4,6-7,11H,5,8-10H2,1H3,(H,18,19). The smallest absolute Gasteiger partial charge is 0.226 e. The molecule has 1 aromatic carbocycles. The number of aromatic nitrogens is 1. The maximum atomic E-state index is 12.3. The van der Waals surface area contributed by atoms with Gasteiger partial charge in [-0.3, -0.25) is 4.79 Å². The Morgan fingerprint density at radius 2 is 2.10 bits per heavy atom. The van der Waals surface area contributed by atoms with Crippen molar-refractivity contribution < 1.29 is 4.79 Å². The predicted molar refractivity (Wildman–Crippen MR) is 80.7 cm³/mol. The summed E-state index contributed by atoms with van der Waals surface area (Å²) in [4.78, 5) is 16.6. The molecule has 1 saturated carbocycles. The third kappa shape index (κ3) is 2.61. The van der Waals surface area contributed by atoms with Crippen molar-refractivity contribution in [2.24, 2.45) is 0 Å². The van der Waals surface area contributed by atoms with E-state index >= 15 is 0 Å². The lowest BCUT2D eigenvalue weighted by Gasteiger charge is -2.43. The maximum absolute atomic E-state index is 12.3. The average Bonchev–Trinajstić information content (AvgIpc) is 2.80. The van der Waals surface area contributed by atoms with Crippen LogP contribution in [0.4, 0.5) is 0 Å². The SMILES string of the molecule is Cc1nc(CC(=O)NC2(c3ccccc3)CCC2)cs1. The molecule has 4 heteroatoms. The number of thiazole rings is 1. The monoisotopic (exact) mass is 286 g/mol. The van der Waals surface area contributed by atoms with E-state index in [9.17, 15) is 4.79 Å². The Morgan fingerprint density at radius 3 is 2.65 bits per heavy atom. The second-order valence-electron chi connectivity index (χ2n) is 5.38. The summed E-state index contributed by atoms with van der Waals surface area (Å²) in [5.41, 5.74) is 1.94. The summed E-state index contributed by atoms with van der Waals surface area (Å²) in [5.74, 6) is 0.0684. The summed E-state index contributed by atoms with van der Waals surface area (Å²) >= 11 is 1.59. The van der Waals surface area contributed by atoms with Gasteiger partial charge in [0, 0.05) is 5.38 Å². The Labute approximate surface area is 123 Å². The number of amides is 1. The molecule has 1 aliphatic carbocycles. The summed E-state index contributed by atoms with van der Waals surface area (Å²) in [6.07, 6.45) is 3.60.